The van der Waals surface area contributed by atoms with Crippen LogP contribution in [0.3, 0.4) is 0 Å². The lowest BCUT2D eigenvalue weighted by Gasteiger charge is -2.11. The third kappa shape index (κ3) is 4.53. The SMILES string of the molecule is CCSCC(N)Cc1ccc(Br)cc1F. The Balaban J connectivity index is 2.56. The first-order valence-corrected chi connectivity index (χ1v) is 6.85. The summed E-state index contributed by atoms with van der Waals surface area (Å²) in [6.45, 7) is 2.09. The highest BCUT2D eigenvalue weighted by Crippen LogP contribution is 2.17. The molecule has 0 radical (unpaired) electrons. The summed E-state index contributed by atoms with van der Waals surface area (Å²) in [7, 11) is 0. The molecule has 1 aromatic carbocycles. The molecule has 1 rings (SSSR count). The third-order valence-electron chi connectivity index (χ3n) is 2.03. The molecule has 0 aliphatic carbocycles. The van der Waals surface area contributed by atoms with Gasteiger partial charge in [-0.1, -0.05) is 28.9 Å². The largest absolute Gasteiger partial charge is 0.327 e. The van der Waals surface area contributed by atoms with Crippen LogP contribution in [0.25, 0.3) is 0 Å². The third-order valence-corrected chi connectivity index (χ3v) is 3.60. The van der Waals surface area contributed by atoms with E-state index in [-0.39, 0.29) is 11.9 Å². The zero-order valence-electron chi connectivity index (χ0n) is 8.67. The lowest BCUT2D eigenvalue weighted by Crippen LogP contribution is -2.26. The van der Waals surface area contributed by atoms with Crippen molar-refractivity contribution < 1.29 is 4.39 Å². The van der Waals surface area contributed by atoms with Gasteiger partial charge in [0, 0.05) is 16.3 Å². The minimum atomic E-state index is -0.179. The van der Waals surface area contributed by atoms with Gasteiger partial charge in [0.25, 0.3) is 0 Å². The first-order chi connectivity index (χ1) is 7.13. The first kappa shape index (κ1) is 13.0. The van der Waals surface area contributed by atoms with E-state index in [1.807, 2.05) is 6.07 Å². The fourth-order valence-corrected chi connectivity index (χ4v) is 2.29. The summed E-state index contributed by atoms with van der Waals surface area (Å²) in [6.07, 6.45) is 0.603. The number of thioether (sulfide) groups is 1. The van der Waals surface area contributed by atoms with Crippen molar-refractivity contribution in [2.24, 2.45) is 5.73 Å². The first-order valence-electron chi connectivity index (χ1n) is 4.90. The number of rotatable bonds is 5. The molecule has 2 N–H and O–H groups in total. The second-order valence-corrected chi connectivity index (χ2v) is 5.59. The zero-order valence-corrected chi connectivity index (χ0v) is 11.1. The van der Waals surface area contributed by atoms with Crippen LogP contribution in [0.4, 0.5) is 4.39 Å². The number of hydrogen-bond donors (Lipinski definition) is 1. The number of benzene rings is 1. The van der Waals surface area contributed by atoms with E-state index < -0.39 is 0 Å². The van der Waals surface area contributed by atoms with E-state index in [0.29, 0.717) is 12.0 Å². The average molecular weight is 292 g/mol. The van der Waals surface area contributed by atoms with E-state index in [2.05, 4.69) is 22.9 Å². The molecule has 15 heavy (non-hydrogen) atoms. The summed E-state index contributed by atoms with van der Waals surface area (Å²) in [5.41, 5.74) is 6.60. The molecule has 1 nitrogen and oxygen atoms in total. The smallest absolute Gasteiger partial charge is 0.127 e. The number of halogens is 2. The molecule has 0 aromatic heterocycles. The van der Waals surface area contributed by atoms with Crippen LogP contribution in [0.1, 0.15) is 12.5 Å². The minimum Gasteiger partial charge on any atom is -0.327 e. The molecule has 0 heterocycles. The molecule has 0 aliphatic rings. The zero-order chi connectivity index (χ0) is 11.3. The maximum atomic E-state index is 13.4. The Morgan fingerprint density at radius 1 is 1.53 bits per heavy atom. The van der Waals surface area contributed by atoms with Crippen molar-refractivity contribution in [2.45, 2.75) is 19.4 Å². The van der Waals surface area contributed by atoms with E-state index >= 15 is 0 Å². The maximum Gasteiger partial charge on any atom is 0.127 e. The monoisotopic (exact) mass is 291 g/mol. The molecule has 0 aliphatic heterocycles. The van der Waals surface area contributed by atoms with Crippen molar-refractivity contribution in [3.63, 3.8) is 0 Å². The predicted molar refractivity (Wildman–Crippen MR) is 68.8 cm³/mol. The molecule has 0 fully saturated rings. The van der Waals surface area contributed by atoms with Crippen molar-refractivity contribution in [3.05, 3.63) is 34.1 Å². The van der Waals surface area contributed by atoms with Crippen LogP contribution < -0.4 is 5.73 Å². The van der Waals surface area contributed by atoms with Crippen LogP contribution in [-0.4, -0.2) is 17.5 Å². The van der Waals surface area contributed by atoms with Crippen molar-refractivity contribution >= 4 is 27.7 Å². The molecule has 0 spiro atoms. The lowest BCUT2D eigenvalue weighted by atomic mass is 10.1. The van der Waals surface area contributed by atoms with Gasteiger partial charge in [0.2, 0.25) is 0 Å². The Hall–Kier alpha value is -0.0600. The molecule has 1 unspecified atom stereocenters. The van der Waals surface area contributed by atoms with Gasteiger partial charge >= 0.3 is 0 Å². The fourth-order valence-electron chi connectivity index (χ4n) is 1.30. The number of hydrogen-bond acceptors (Lipinski definition) is 2. The average Bonchev–Trinajstić information content (AvgIpc) is 2.19. The number of nitrogens with two attached hydrogens (primary N) is 1. The summed E-state index contributed by atoms with van der Waals surface area (Å²) in [4.78, 5) is 0. The van der Waals surface area contributed by atoms with Crippen LogP contribution >= 0.6 is 27.7 Å². The van der Waals surface area contributed by atoms with Gasteiger partial charge in [-0.25, -0.2) is 4.39 Å². The summed E-state index contributed by atoms with van der Waals surface area (Å²) < 4.78 is 14.2. The predicted octanol–water partition coefficient (Wildman–Crippen LogP) is 3.21. The summed E-state index contributed by atoms with van der Waals surface area (Å²) in [5, 5.41) is 0. The van der Waals surface area contributed by atoms with Gasteiger partial charge in [0.15, 0.2) is 0 Å². The van der Waals surface area contributed by atoms with Crippen LogP contribution in [0, 0.1) is 5.82 Å². The fraction of sp³-hybridized carbons (Fsp3) is 0.455. The van der Waals surface area contributed by atoms with Gasteiger partial charge in [-0.05, 0) is 29.9 Å². The lowest BCUT2D eigenvalue weighted by molar-refractivity contribution is 0.596. The van der Waals surface area contributed by atoms with Gasteiger partial charge in [-0.3, -0.25) is 0 Å². The minimum absolute atomic E-state index is 0.0330. The Morgan fingerprint density at radius 3 is 2.87 bits per heavy atom. The highest BCUT2D eigenvalue weighted by Gasteiger charge is 2.08. The summed E-state index contributed by atoms with van der Waals surface area (Å²) >= 11 is 5.02. The van der Waals surface area contributed by atoms with Gasteiger partial charge in [-0.15, -0.1) is 0 Å². The van der Waals surface area contributed by atoms with Gasteiger partial charge in [-0.2, -0.15) is 11.8 Å². The maximum absolute atomic E-state index is 13.4. The van der Waals surface area contributed by atoms with Crippen LogP contribution in [0.15, 0.2) is 22.7 Å². The Kier molecular flexibility index (Phi) is 5.64. The topological polar surface area (TPSA) is 26.0 Å². The van der Waals surface area contributed by atoms with Crippen molar-refractivity contribution in [3.8, 4) is 0 Å². The second-order valence-electron chi connectivity index (χ2n) is 3.36. The van der Waals surface area contributed by atoms with Gasteiger partial charge < -0.3 is 5.73 Å². The van der Waals surface area contributed by atoms with Crippen molar-refractivity contribution in [1.82, 2.24) is 0 Å². The van der Waals surface area contributed by atoms with E-state index in [1.54, 1.807) is 17.8 Å². The summed E-state index contributed by atoms with van der Waals surface area (Å²) in [5.74, 6) is 1.75. The quantitative estimate of drug-likeness (QED) is 0.902. The normalized spacial score (nSPS) is 12.8. The van der Waals surface area contributed by atoms with Crippen LogP contribution in [0.5, 0.6) is 0 Å². The van der Waals surface area contributed by atoms with E-state index in [1.165, 1.54) is 6.07 Å². The molecule has 4 heteroatoms. The Morgan fingerprint density at radius 2 is 2.27 bits per heavy atom. The molecule has 0 bridgehead atoms. The molecular weight excluding hydrogens is 277 g/mol. The molecule has 0 saturated heterocycles. The van der Waals surface area contributed by atoms with Crippen LogP contribution in [-0.2, 0) is 6.42 Å². The second kappa shape index (κ2) is 6.51. The molecule has 0 saturated carbocycles. The van der Waals surface area contributed by atoms with Gasteiger partial charge in [0.1, 0.15) is 5.82 Å². The van der Waals surface area contributed by atoms with Crippen molar-refractivity contribution in [2.75, 3.05) is 11.5 Å². The highest BCUT2D eigenvalue weighted by atomic mass is 79.9. The molecule has 1 atom stereocenters. The Bertz CT molecular complexity index is 319. The standard InChI is InChI=1S/C11H15BrFNS/c1-2-15-7-10(14)5-8-3-4-9(12)6-11(8)13/h3-4,6,10H,2,5,7,14H2,1H3. The van der Waals surface area contributed by atoms with Gasteiger partial charge in [0.05, 0.1) is 0 Å². The highest BCUT2D eigenvalue weighted by molar-refractivity contribution is 9.10. The van der Waals surface area contributed by atoms with E-state index in [9.17, 15) is 4.39 Å². The molecule has 84 valence electrons. The van der Waals surface area contributed by atoms with E-state index in [4.69, 9.17) is 5.73 Å². The molecular formula is C11H15BrFNS. The van der Waals surface area contributed by atoms with Crippen molar-refractivity contribution in [1.29, 1.82) is 0 Å². The van der Waals surface area contributed by atoms with E-state index in [0.717, 1.165) is 16.0 Å². The summed E-state index contributed by atoms with van der Waals surface area (Å²) in [6, 6.07) is 5.15. The molecule has 1 aromatic rings. The van der Waals surface area contributed by atoms with Crippen LogP contribution in [0.2, 0.25) is 0 Å². The molecule has 0 amide bonds. The Labute approximate surface area is 103 Å².